The Labute approximate surface area is 145 Å². The molecule has 1 aromatic carbocycles. The van der Waals surface area contributed by atoms with Crippen molar-refractivity contribution in [3.05, 3.63) is 28.3 Å². The lowest BCUT2D eigenvalue weighted by atomic mass is 9.98. The van der Waals surface area contributed by atoms with Crippen molar-refractivity contribution in [2.75, 3.05) is 9.81 Å². The average Bonchev–Trinajstić information content (AvgIpc) is 2.47. The molecule has 0 saturated heterocycles. The van der Waals surface area contributed by atoms with Gasteiger partial charge in [0.05, 0.1) is 22.8 Å². The van der Waals surface area contributed by atoms with Gasteiger partial charge in [0.1, 0.15) is 0 Å². The first-order valence-corrected chi connectivity index (χ1v) is 10.9. The zero-order chi connectivity index (χ0) is 18.7. The smallest absolute Gasteiger partial charge is 0.273 e. The molecule has 0 aliphatic heterocycles. The summed E-state index contributed by atoms with van der Waals surface area (Å²) in [6, 6.07) is 3.38. The topological polar surface area (TPSA) is 159 Å². The van der Waals surface area contributed by atoms with E-state index >= 15 is 0 Å². The molecule has 0 unspecified atom stereocenters. The third kappa shape index (κ3) is 6.14. The van der Waals surface area contributed by atoms with Crippen LogP contribution in [0.2, 0.25) is 0 Å². The van der Waals surface area contributed by atoms with E-state index in [9.17, 15) is 26.9 Å². The number of nitrogens with zero attached hydrogens (tertiary/aromatic N) is 1. The van der Waals surface area contributed by atoms with E-state index in [-0.39, 0.29) is 23.2 Å². The van der Waals surface area contributed by atoms with E-state index in [1.807, 2.05) is 0 Å². The number of nitro benzene ring substituents is 1. The molecule has 1 fully saturated rings. The highest BCUT2D eigenvalue weighted by Crippen LogP contribution is 2.33. The molecule has 3 N–H and O–H groups in total. The maximum absolute atomic E-state index is 11.9. The third-order valence-corrected chi connectivity index (χ3v) is 6.69. The van der Waals surface area contributed by atoms with Crippen molar-refractivity contribution in [3.63, 3.8) is 0 Å². The number of anilines is 1. The monoisotopic (exact) mass is 393 g/mol. The van der Waals surface area contributed by atoms with Crippen LogP contribution in [0.25, 0.3) is 0 Å². The van der Waals surface area contributed by atoms with Crippen molar-refractivity contribution in [1.29, 1.82) is 0 Å². The van der Waals surface area contributed by atoms with Gasteiger partial charge in [-0.15, -0.1) is 0 Å². The van der Waals surface area contributed by atoms with Crippen molar-refractivity contribution < 1.29 is 26.5 Å². The van der Waals surface area contributed by atoms with Gasteiger partial charge in [-0.1, -0.05) is 6.42 Å². The number of nitro groups is 1. The Morgan fingerprint density at radius 2 is 1.84 bits per heavy atom. The molecule has 1 saturated carbocycles. The first kappa shape index (κ1) is 19.4. The summed E-state index contributed by atoms with van der Waals surface area (Å²) in [7, 11) is -8.56. The van der Waals surface area contributed by atoms with E-state index in [1.54, 1.807) is 0 Å². The molecule has 1 aromatic rings. The summed E-state index contributed by atoms with van der Waals surface area (Å²) >= 11 is 0. The van der Waals surface area contributed by atoms with Gasteiger partial charge in [0, 0.05) is 6.07 Å². The number of hydrogen-bond acceptors (Lipinski definition) is 7. The molecule has 1 aliphatic rings. The number of nitrogens with one attached hydrogen (secondary N) is 1. The Balaban J connectivity index is 2.30. The largest absolute Gasteiger partial charge is 0.488 e. The quantitative estimate of drug-likeness (QED) is 0.521. The lowest BCUT2D eigenvalue weighted by Crippen LogP contribution is -2.28. The number of sulfonamides is 2. The Hall–Kier alpha value is -1.92. The van der Waals surface area contributed by atoms with Crippen LogP contribution in [0.15, 0.2) is 18.2 Å². The minimum absolute atomic E-state index is 0.0147. The zero-order valence-electron chi connectivity index (χ0n) is 13.3. The van der Waals surface area contributed by atoms with Gasteiger partial charge in [0.2, 0.25) is 20.0 Å². The van der Waals surface area contributed by atoms with Crippen molar-refractivity contribution >= 4 is 31.4 Å². The molecule has 0 spiro atoms. The van der Waals surface area contributed by atoms with E-state index in [0.29, 0.717) is 0 Å². The molecule has 0 heterocycles. The number of rotatable bonds is 7. The summed E-state index contributed by atoms with van der Waals surface area (Å²) in [5.41, 5.74) is -0.333. The van der Waals surface area contributed by atoms with E-state index < -0.39 is 30.1 Å². The molecule has 0 amide bonds. The summed E-state index contributed by atoms with van der Waals surface area (Å²) < 4.78 is 53.7. The molecular weight excluding hydrogens is 374 g/mol. The molecule has 25 heavy (non-hydrogen) atoms. The number of hydrogen-bond donors (Lipinski definition) is 2. The molecule has 12 heteroatoms. The van der Waals surface area contributed by atoms with Gasteiger partial charge in [0.25, 0.3) is 5.69 Å². The number of benzene rings is 1. The third-order valence-electron chi connectivity index (χ3n) is 3.61. The Morgan fingerprint density at radius 1 is 1.20 bits per heavy atom. The summed E-state index contributed by atoms with van der Waals surface area (Å²) in [6.07, 6.45) is 4.30. The summed E-state index contributed by atoms with van der Waals surface area (Å²) in [4.78, 5) is 10.3. The second-order valence-electron chi connectivity index (χ2n) is 5.81. The number of primary sulfonamides is 1. The van der Waals surface area contributed by atoms with Gasteiger partial charge in [-0.05, 0) is 31.7 Å². The predicted molar refractivity (Wildman–Crippen MR) is 91.1 cm³/mol. The molecule has 1 aliphatic carbocycles. The highest BCUT2D eigenvalue weighted by Gasteiger charge is 2.23. The van der Waals surface area contributed by atoms with Crippen LogP contribution < -0.4 is 14.6 Å². The first-order chi connectivity index (χ1) is 11.6. The number of nitrogens with two attached hydrogens (primary N) is 1. The molecule has 0 aromatic heterocycles. The van der Waals surface area contributed by atoms with E-state index in [0.717, 1.165) is 50.3 Å². The Bertz CT molecular complexity index is 846. The second kappa shape index (κ2) is 7.54. The van der Waals surface area contributed by atoms with E-state index in [4.69, 9.17) is 9.88 Å². The molecule has 10 nitrogen and oxygen atoms in total. The predicted octanol–water partition coefficient (Wildman–Crippen LogP) is 1.29. The molecule has 0 bridgehead atoms. The highest BCUT2D eigenvalue weighted by atomic mass is 32.3. The molecular formula is C13H19N3O7S2. The normalized spacial score (nSPS) is 16.4. The van der Waals surface area contributed by atoms with Gasteiger partial charge >= 0.3 is 0 Å². The summed E-state index contributed by atoms with van der Waals surface area (Å²) in [6.45, 7) is 0. The standard InChI is InChI=1S/C13H19N3O7S2/c14-24(19,20)9-25(21,22)15-12-7-6-10(16(17)18)8-13(12)23-11-4-2-1-3-5-11/h6-8,11,15H,1-5,9H2,(H2,14,19,20). The van der Waals surface area contributed by atoms with Crippen molar-refractivity contribution in [1.82, 2.24) is 0 Å². The van der Waals surface area contributed by atoms with Gasteiger partial charge in [-0.25, -0.2) is 22.0 Å². The van der Waals surface area contributed by atoms with Crippen molar-refractivity contribution in [3.8, 4) is 5.75 Å². The van der Waals surface area contributed by atoms with Crippen LogP contribution in [0, 0.1) is 10.1 Å². The van der Waals surface area contributed by atoms with E-state index in [2.05, 4.69) is 4.72 Å². The van der Waals surface area contributed by atoms with Gasteiger partial charge in [0.15, 0.2) is 10.8 Å². The van der Waals surface area contributed by atoms with Gasteiger partial charge < -0.3 is 4.74 Å². The van der Waals surface area contributed by atoms with Gasteiger partial charge in [-0.3, -0.25) is 14.8 Å². The SMILES string of the molecule is NS(=O)(=O)CS(=O)(=O)Nc1ccc([N+](=O)[O-])cc1OC1CCCCC1. The minimum atomic E-state index is -4.30. The molecule has 2 rings (SSSR count). The lowest BCUT2D eigenvalue weighted by molar-refractivity contribution is -0.384. The highest BCUT2D eigenvalue weighted by molar-refractivity contribution is 8.07. The molecule has 0 atom stereocenters. The van der Waals surface area contributed by atoms with Crippen LogP contribution in [0.5, 0.6) is 5.75 Å². The van der Waals surface area contributed by atoms with Gasteiger partial charge in [-0.2, -0.15) is 0 Å². The van der Waals surface area contributed by atoms with Crippen LogP contribution >= 0.6 is 0 Å². The zero-order valence-corrected chi connectivity index (χ0v) is 14.9. The average molecular weight is 393 g/mol. The fraction of sp³-hybridized carbons (Fsp3) is 0.538. The number of non-ortho nitro benzene ring substituents is 1. The fourth-order valence-corrected chi connectivity index (χ4v) is 5.05. The van der Waals surface area contributed by atoms with Crippen molar-refractivity contribution in [2.24, 2.45) is 5.14 Å². The van der Waals surface area contributed by atoms with E-state index in [1.165, 1.54) is 0 Å². The second-order valence-corrected chi connectivity index (χ2v) is 9.52. The molecule has 140 valence electrons. The maximum atomic E-state index is 11.9. The first-order valence-electron chi connectivity index (χ1n) is 7.52. The van der Waals surface area contributed by atoms with Crippen LogP contribution in [0.3, 0.4) is 0 Å². The lowest BCUT2D eigenvalue weighted by Gasteiger charge is -2.24. The fourth-order valence-electron chi connectivity index (χ4n) is 2.58. The Morgan fingerprint density at radius 3 is 2.40 bits per heavy atom. The minimum Gasteiger partial charge on any atom is -0.488 e. The Kier molecular flexibility index (Phi) is 5.85. The van der Waals surface area contributed by atoms with Crippen LogP contribution in [0.4, 0.5) is 11.4 Å². The van der Waals surface area contributed by atoms with Crippen LogP contribution in [-0.2, 0) is 20.0 Å². The summed E-state index contributed by atoms with van der Waals surface area (Å²) in [5, 5.41) is 14.4. The molecule has 0 radical (unpaired) electrons. The van der Waals surface area contributed by atoms with Crippen molar-refractivity contribution in [2.45, 2.75) is 38.2 Å². The summed E-state index contributed by atoms with van der Waals surface area (Å²) in [5.74, 6) is -0.0147. The van der Waals surface area contributed by atoms with Crippen LogP contribution in [0.1, 0.15) is 32.1 Å². The number of ether oxygens (including phenoxy) is 1. The van der Waals surface area contributed by atoms with Crippen LogP contribution in [-0.4, -0.2) is 32.9 Å². The maximum Gasteiger partial charge on any atom is 0.273 e.